The Bertz CT molecular complexity index is 459. The molecule has 16 heavy (non-hydrogen) atoms. The molecule has 1 rings (SSSR count). The maximum absolute atomic E-state index is 12.0. The van der Waals surface area contributed by atoms with Gasteiger partial charge in [-0.2, -0.15) is 0 Å². The lowest BCUT2D eigenvalue weighted by molar-refractivity contribution is 0.493. The lowest BCUT2D eigenvalue weighted by atomic mass is 9.82. The zero-order valence-electron chi connectivity index (χ0n) is 10.4. The molecule has 0 unspecified atom stereocenters. The van der Waals surface area contributed by atoms with Gasteiger partial charge < -0.3 is 0 Å². The van der Waals surface area contributed by atoms with Crippen molar-refractivity contribution in [1.82, 2.24) is 0 Å². The van der Waals surface area contributed by atoms with E-state index < -0.39 is 9.84 Å². The Morgan fingerprint density at radius 2 is 1.69 bits per heavy atom. The van der Waals surface area contributed by atoms with Gasteiger partial charge in [-0.1, -0.05) is 45.9 Å². The van der Waals surface area contributed by atoms with E-state index in [-0.39, 0.29) is 11.2 Å². The van der Waals surface area contributed by atoms with Gasteiger partial charge in [0.2, 0.25) is 0 Å². The number of hydrogen-bond donors (Lipinski definition) is 0. The van der Waals surface area contributed by atoms with E-state index in [4.69, 9.17) is 0 Å². The minimum atomic E-state index is -3.12. The maximum Gasteiger partial charge on any atom is 0.178 e. The van der Waals surface area contributed by atoms with Crippen molar-refractivity contribution in [1.29, 1.82) is 0 Å². The molecular formula is C13H20O2S. The average molecular weight is 240 g/mol. The number of benzene rings is 1. The summed E-state index contributed by atoms with van der Waals surface area (Å²) in [6.45, 7) is 7.93. The molecule has 0 aliphatic rings. The predicted molar refractivity (Wildman–Crippen MR) is 67.5 cm³/mol. The van der Waals surface area contributed by atoms with Crippen molar-refractivity contribution < 1.29 is 8.42 Å². The fourth-order valence-corrected chi connectivity index (χ4v) is 2.92. The second-order valence-corrected chi connectivity index (χ2v) is 6.88. The lowest BCUT2D eigenvalue weighted by Crippen LogP contribution is -2.20. The largest absolute Gasteiger partial charge is 0.224 e. The third-order valence-electron chi connectivity index (χ3n) is 3.22. The van der Waals surface area contributed by atoms with Gasteiger partial charge in [0.15, 0.2) is 9.84 Å². The zero-order chi connectivity index (χ0) is 12.4. The van der Waals surface area contributed by atoms with Crippen LogP contribution in [-0.4, -0.2) is 14.2 Å². The Hall–Kier alpha value is -0.830. The molecule has 0 fully saturated rings. The fourth-order valence-electron chi connectivity index (χ4n) is 1.64. The van der Waals surface area contributed by atoms with Crippen molar-refractivity contribution in [3.05, 3.63) is 29.8 Å². The van der Waals surface area contributed by atoms with Crippen LogP contribution in [0.5, 0.6) is 0 Å². The Morgan fingerprint density at radius 1 is 1.12 bits per heavy atom. The molecular weight excluding hydrogens is 220 g/mol. The van der Waals surface area contributed by atoms with Gasteiger partial charge in [0, 0.05) is 0 Å². The molecule has 0 bridgehead atoms. The summed E-state index contributed by atoms with van der Waals surface area (Å²) in [4.78, 5) is 0.490. The monoisotopic (exact) mass is 240 g/mol. The van der Waals surface area contributed by atoms with Gasteiger partial charge in [-0.25, -0.2) is 8.42 Å². The molecule has 1 aromatic rings. The van der Waals surface area contributed by atoms with Gasteiger partial charge in [0.05, 0.1) is 10.6 Å². The van der Waals surface area contributed by atoms with E-state index in [1.807, 2.05) is 12.1 Å². The fraction of sp³-hybridized carbons (Fsp3) is 0.538. The average Bonchev–Trinajstić information content (AvgIpc) is 2.29. The first-order valence-corrected chi connectivity index (χ1v) is 7.32. The number of sulfone groups is 1. The van der Waals surface area contributed by atoms with E-state index in [9.17, 15) is 8.42 Å². The van der Waals surface area contributed by atoms with Gasteiger partial charge in [0.25, 0.3) is 0 Å². The van der Waals surface area contributed by atoms with Crippen LogP contribution >= 0.6 is 0 Å². The minimum Gasteiger partial charge on any atom is -0.224 e. The minimum absolute atomic E-state index is 0.0984. The second kappa shape index (κ2) is 4.58. The summed E-state index contributed by atoms with van der Waals surface area (Å²) < 4.78 is 24.0. The van der Waals surface area contributed by atoms with Gasteiger partial charge in [-0.15, -0.1) is 0 Å². The normalized spacial score (nSPS) is 12.8. The maximum atomic E-state index is 12.0. The number of rotatable bonds is 4. The van der Waals surface area contributed by atoms with Gasteiger partial charge in [0.1, 0.15) is 0 Å². The van der Waals surface area contributed by atoms with Crippen molar-refractivity contribution in [2.45, 2.75) is 44.4 Å². The standard InChI is InChI=1S/C13H20O2S/c1-5-13(3,4)11-9-7-8-10-12(11)16(14,15)6-2/h7-10H,5-6H2,1-4H3. The van der Waals surface area contributed by atoms with Crippen molar-refractivity contribution >= 4 is 9.84 Å². The van der Waals surface area contributed by atoms with E-state index in [0.717, 1.165) is 12.0 Å². The van der Waals surface area contributed by atoms with Crippen molar-refractivity contribution in [2.75, 3.05) is 5.75 Å². The van der Waals surface area contributed by atoms with Crippen LogP contribution in [-0.2, 0) is 15.3 Å². The van der Waals surface area contributed by atoms with Gasteiger partial charge in [-0.3, -0.25) is 0 Å². The first-order chi connectivity index (χ1) is 7.35. The molecule has 0 spiro atoms. The summed E-state index contributed by atoms with van der Waals surface area (Å²) in [5.74, 6) is 0.157. The Balaban J connectivity index is 3.44. The predicted octanol–water partition coefficient (Wildman–Crippen LogP) is 3.17. The first-order valence-electron chi connectivity index (χ1n) is 5.67. The van der Waals surface area contributed by atoms with Crippen molar-refractivity contribution in [2.24, 2.45) is 0 Å². The number of hydrogen-bond acceptors (Lipinski definition) is 2. The van der Waals surface area contributed by atoms with Crippen molar-refractivity contribution in [3.63, 3.8) is 0 Å². The molecule has 0 aliphatic heterocycles. The van der Waals surface area contributed by atoms with E-state index in [2.05, 4.69) is 20.8 Å². The highest BCUT2D eigenvalue weighted by Gasteiger charge is 2.26. The molecule has 0 N–H and O–H groups in total. The van der Waals surface area contributed by atoms with Crippen LogP contribution < -0.4 is 0 Å². The summed E-state index contributed by atoms with van der Waals surface area (Å²) in [5.41, 5.74) is 0.832. The highest BCUT2D eigenvalue weighted by Crippen LogP contribution is 2.32. The molecule has 3 heteroatoms. The van der Waals surface area contributed by atoms with Crippen LogP contribution in [0.2, 0.25) is 0 Å². The molecule has 2 nitrogen and oxygen atoms in total. The zero-order valence-corrected chi connectivity index (χ0v) is 11.3. The smallest absolute Gasteiger partial charge is 0.178 e. The molecule has 1 aromatic carbocycles. The molecule has 0 aromatic heterocycles. The van der Waals surface area contributed by atoms with Crippen LogP contribution in [0, 0.1) is 0 Å². The summed E-state index contributed by atoms with van der Waals surface area (Å²) in [7, 11) is -3.12. The summed E-state index contributed by atoms with van der Waals surface area (Å²) in [6.07, 6.45) is 0.920. The molecule has 0 aliphatic carbocycles. The van der Waals surface area contributed by atoms with Crippen LogP contribution in [0.3, 0.4) is 0 Å². The summed E-state index contributed by atoms with van der Waals surface area (Å²) in [5, 5.41) is 0. The molecule has 0 saturated heterocycles. The molecule has 0 amide bonds. The van der Waals surface area contributed by atoms with Crippen LogP contribution in [0.1, 0.15) is 39.7 Å². The molecule has 0 saturated carbocycles. The van der Waals surface area contributed by atoms with E-state index in [1.165, 1.54) is 0 Å². The van der Waals surface area contributed by atoms with Gasteiger partial charge in [-0.05, 0) is 23.5 Å². The molecule has 90 valence electrons. The quantitative estimate of drug-likeness (QED) is 0.810. The highest BCUT2D eigenvalue weighted by atomic mass is 32.2. The topological polar surface area (TPSA) is 34.1 Å². The third kappa shape index (κ3) is 2.46. The lowest BCUT2D eigenvalue weighted by Gasteiger charge is -2.25. The van der Waals surface area contributed by atoms with E-state index >= 15 is 0 Å². The summed E-state index contributed by atoms with van der Waals surface area (Å²) >= 11 is 0. The van der Waals surface area contributed by atoms with Crippen LogP contribution in [0.15, 0.2) is 29.2 Å². The third-order valence-corrected chi connectivity index (χ3v) is 5.00. The first kappa shape index (κ1) is 13.2. The van der Waals surface area contributed by atoms with Crippen molar-refractivity contribution in [3.8, 4) is 0 Å². The van der Waals surface area contributed by atoms with Gasteiger partial charge >= 0.3 is 0 Å². The molecule has 0 heterocycles. The van der Waals surface area contributed by atoms with Crippen LogP contribution in [0.4, 0.5) is 0 Å². The van der Waals surface area contributed by atoms with Crippen LogP contribution in [0.25, 0.3) is 0 Å². The Morgan fingerprint density at radius 3 is 2.19 bits per heavy atom. The second-order valence-electron chi connectivity index (χ2n) is 4.64. The van der Waals surface area contributed by atoms with E-state index in [1.54, 1.807) is 19.1 Å². The highest BCUT2D eigenvalue weighted by molar-refractivity contribution is 7.91. The SMILES string of the molecule is CCC(C)(C)c1ccccc1S(=O)(=O)CC. The Kier molecular flexibility index (Phi) is 3.79. The van der Waals surface area contributed by atoms with E-state index in [0.29, 0.717) is 4.90 Å². The Labute approximate surface area is 98.6 Å². The molecule has 0 radical (unpaired) electrons. The molecule has 0 atom stereocenters. The summed E-state index contributed by atoms with van der Waals surface area (Å²) in [6, 6.07) is 7.33.